The van der Waals surface area contributed by atoms with Crippen LogP contribution in [0, 0.1) is 12.8 Å². The maximum absolute atomic E-state index is 11.7. The Morgan fingerprint density at radius 1 is 1.31 bits per heavy atom. The summed E-state index contributed by atoms with van der Waals surface area (Å²) in [5.41, 5.74) is 2.13. The Bertz CT molecular complexity index is 732. The highest BCUT2D eigenvalue weighted by molar-refractivity contribution is 7.08. The van der Waals surface area contributed by atoms with Crippen LogP contribution in [0.5, 0.6) is 0 Å². The Hall–Kier alpha value is -1.66. The molecule has 0 radical (unpaired) electrons. The average Bonchev–Trinajstić information content (AvgIpc) is 3.37. The van der Waals surface area contributed by atoms with Crippen LogP contribution in [0.15, 0.2) is 21.2 Å². The summed E-state index contributed by atoms with van der Waals surface area (Å²) in [6.45, 7) is 7.03. The SMILES string of the molecule is Cc1oc(-c2ccsc2)nc1CN1CCC(CCN2CCCC2=O)CC1. The molecule has 1 amide bonds. The van der Waals surface area contributed by atoms with Gasteiger partial charge in [0.1, 0.15) is 5.76 Å². The second-order valence-electron chi connectivity index (χ2n) is 7.53. The van der Waals surface area contributed by atoms with Crippen molar-refractivity contribution < 1.29 is 9.21 Å². The van der Waals surface area contributed by atoms with Crippen molar-refractivity contribution in [2.75, 3.05) is 26.2 Å². The lowest BCUT2D eigenvalue weighted by atomic mass is 9.93. The smallest absolute Gasteiger partial charge is 0.227 e. The van der Waals surface area contributed by atoms with Crippen molar-refractivity contribution in [2.24, 2.45) is 5.92 Å². The van der Waals surface area contributed by atoms with Gasteiger partial charge in [-0.1, -0.05) is 0 Å². The van der Waals surface area contributed by atoms with Gasteiger partial charge in [0, 0.05) is 37.0 Å². The molecule has 26 heavy (non-hydrogen) atoms. The molecule has 4 rings (SSSR count). The van der Waals surface area contributed by atoms with Gasteiger partial charge in [-0.05, 0) is 63.1 Å². The molecular formula is C20H27N3O2S. The Balaban J connectivity index is 1.26. The van der Waals surface area contributed by atoms with E-state index in [1.54, 1.807) is 11.3 Å². The molecule has 2 aliphatic heterocycles. The second-order valence-corrected chi connectivity index (χ2v) is 8.31. The summed E-state index contributed by atoms with van der Waals surface area (Å²) in [7, 11) is 0. The molecule has 2 aromatic heterocycles. The number of nitrogens with zero attached hydrogens (tertiary/aromatic N) is 3. The molecule has 5 nitrogen and oxygen atoms in total. The Kier molecular flexibility index (Phi) is 5.41. The van der Waals surface area contributed by atoms with E-state index >= 15 is 0 Å². The van der Waals surface area contributed by atoms with Crippen LogP contribution in [0.25, 0.3) is 11.5 Å². The number of hydrogen-bond acceptors (Lipinski definition) is 5. The molecule has 0 aromatic carbocycles. The minimum absolute atomic E-state index is 0.352. The fourth-order valence-corrected chi connectivity index (χ4v) is 4.64. The average molecular weight is 374 g/mol. The van der Waals surface area contributed by atoms with Gasteiger partial charge in [0.25, 0.3) is 0 Å². The number of carbonyl (C=O) groups is 1. The summed E-state index contributed by atoms with van der Waals surface area (Å²) in [5, 5.41) is 4.13. The normalized spacial score (nSPS) is 19.6. The number of amides is 1. The van der Waals surface area contributed by atoms with Crippen molar-refractivity contribution >= 4 is 17.2 Å². The molecule has 0 unspecified atom stereocenters. The zero-order chi connectivity index (χ0) is 17.9. The van der Waals surface area contributed by atoms with E-state index in [0.29, 0.717) is 5.91 Å². The van der Waals surface area contributed by atoms with Crippen molar-refractivity contribution in [3.63, 3.8) is 0 Å². The third-order valence-electron chi connectivity index (χ3n) is 5.72. The molecule has 0 aliphatic carbocycles. The molecule has 2 aromatic rings. The van der Waals surface area contributed by atoms with Crippen molar-refractivity contribution in [3.8, 4) is 11.5 Å². The molecule has 0 atom stereocenters. The molecular weight excluding hydrogens is 346 g/mol. The largest absolute Gasteiger partial charge is 0.441 e. The second kappa shape index (κ2) is 7.92. The van der Waals surface area contributed by atoms with E-state index < -0.39 is 0 Å². The number of hydrogen-bond donors (Lipinski definition) is 0. The summed E-state index contributed by atoms with van der Waals surface area (Å²) in [6, 6.07) is 2.05. The highest BCUT2D eigenvalue weighted by Gasteiger charge is 2.24. The molecule has 0 spiro atoms. The van der Waals surface area contributed by atoms with E-state index in [4.69, 9.17) is 9.40 Å². The molecule has 0 saturated carbocycles. The summed E-state index contributed by atoms with van der Waals surface area (Å²) in [4.78, 5) is 21.0. The van der Waals surface area contributed by atoms with E-state index in [1.165, 1.54) is 12.8 Å². The number of aryl methyl sites for hydroxylation is 1. The molecule has 2 saturated heterocycles. The summed E-state index contributed by atoms with van der Waals surface area (Å²) in [5.74, 6) is 2.77. The van der Waals surface area contributed by atoms with E-state index in [9.17, 15) is 4.79 Å². The molecule has 0 N–H and O–H groups in total. The van der Waals surface area contributed by atoms with Crippen molar-refractivity contribution in [1.29, 1.82) is 0 Å². The first-order chi connectivity index (χ1) is 12.7. The van der Waals surface area contributed by atoms with E-state index in [-0.39, 0.29) is 0 Å². The van der Waals surface area contributed by atoms with E-state index in [1.807, 2.05) is 6.92 Å². The topological polar surface area (TPSA) is 49.6 Å². The van der Waals surface area contributed by atoms with E-state index in [0.717, 1.165) is 80.8 Å². The summed E-state index contributed by atoms with van der Waals surface area (Å²) >= 11 is 1.66. The quantitative estimate of drug-likeness (QED) is 0.770. The monoisotopic (exact) mass is 373 g/mol. The predicted octanol–water partition coefficient (Wildman–Crippen LogP) is 3.94. The maximum atomic E-state index is 11.7. The van der Waals surface area contributed by atoms with Gasteiger partial charge in [-0.25, -0.2) is 4.98 Å². The molecule has 6 heteroatoms. The summed E-state index contributed by atoms with van der Waals surface area (Å²) < 4.78 is 5.86. The highest BCUT2D eigenvalue weighted by Crippen LogP contribution is 2.27. The van der Waals surface area contributed by atoms with Gasteiger partial charge < -0.3 is 9.32 Å². The molecule has 4 heterocycles. The Morgan fingerprint density at radius 2 is 2.15 bits per heavy atom. The third kappa shape index (κ3) is 4.01. The standard InChI is InChI=1S/C20H27N3O2S/c1-15-18(21-20(25-15)17-7-12-26-14-17)13-22-9-4-16(5-10-22)6-11-23-8-2-3-19(23)24/h7,12,14,16H,2-6,8-11,13H2,1H3. The van der Waals surface area contributed by atoms with Crippen molar-refractivity contribution in [3.05, 3.63) is 28.3 Å². The summed E-state index contributed by atoms with van der Waals surface area (Å²) in [6.07, 6.45) is 5.39. The van der Waals surface area contributed by atoms with Gasteiger partial charge in [-0.3, -0.25) is 9.69 Å². The zero-order valence-electron chi connectivity index (χ0n) is 15.4. The predicted molar refractivity (Wildman–Crippen MR) is 103 cm³/mol. The molecule has 2 aliphatic rings. The van der Waals surface area contributed by atoms with Gasteiger partial charge in [0.2, 0.25) is 11.8 Å². The van der Waals surface area contributed by atoms with Gasteiger partial charge in [0.15, 0.2) is 0 Å². The number of piperidine rings is 1. The fourth-order valence-electron chi connectivity index (χ4n) is 4.01. The maximum Gasteiger partial charge on any atom is 0.227 e. The fraction of sp³-hybridized carbons (Fsp3) is 0.600. The number of carbonyl (C=O) groups excluding carboxylic acids is 1. The lowest BCUT2D eigenvalue weighted by Gasteiger charge is -2.32. The first-order valence-corrected chi connectivity index (χ1v) is 10.6. The number of aromatic nitrogens is 1. The first-order valence-electron chi connectivity index (χ1n) is 9.68. The van der Waals surface area contributed by atoms with Crippen LogP contribution < -0.4 is 0 Å². The van der Waals surface area contributed by atoms with Crippen LogP contribution in [0.3, 0.4) is 0 Å². The lowest BCUT2D eigenvalue weighted by Crippen LogP contribution is -2.35. The molecule has 2 fully saturated rings. The van der Waals surface area contributed by atoms with Crippen LogP contribution in [0.4, 0.5) is 0 Å². The first kappa shape index (κ1) is 17.7. The van der Waals surface area contributed by atoms with Crippen molar-refractivity contribution in [1.82, 2.24) is 14.8 Å². The van der Waals surface area contributed by atoms with Gasteiger partial charge >= 0.3 is 0 Å². The van der Waals surface area contributed by atoms with Crippen LogP contribution in [0.1, 0.15) is 43.6 Å². The number of rotatable bonds is 6. The van der Waals surface area contributed by atoms with Gasteiger partial charge in [0.05, 0.1) is 5.69 Å². The van der Waals surface area contributed by atoms with Crippen molar-refractivity contribution in [2.45, 2.75) is 45.6 Å². The Labute approximate surface area is 159 Å². The molecule has 0 bridgehead atoms. The third-order valence-corrected chi connectivity index (χ3v) is 6.40. The van der Waals surface area contributed by atoms with Crippen LogP contribution in [-0.2, 0) is 11.3 Å². The Morgan fingerprint density at radius 3 is 2.85 bits per heavy atom. The van der Waals surface area contributed by atoms with E-state index in [2.05, 4.69) is 26.6 Å². The molecule has 140 valence electrons. The number of likely N-dealkylation sites (tertiary alicyclic amines) is 2. The van der Waals surface area contributed by atoms with Crippen LogP contribution in [0.2, 0.25) is 0 Å². The number of thiophene rings is 1. The lowest BCUT2D eigenvalue weighted by molar-refractivity contribution is -0.127. The minimum atomic E-state index is 0.352. The minimum Gasteiger partial charge on any atom is -0.441 e. The van der Waals surface area contributed by atoms with Crippen LogP contribution in [-0.4, -0.2) is 46.9 Å². The van der Waals surface area contributed by atoms with Crippen LogP contribution >= 0.6 is 11.3 Å². The number of oxazole rings is 1. The van der Waals surface area contributed by atoms with Gasteiger partial charge in [-0.2, -0.15) is 11.3 Å². The highest BCUT2D eigenvalue weighted by atomic mass is 32.1. The van der Waals surface area contributed by atoms with Gasteiger partial charge in [-0.15, -0.1) is 0 Å². The zero-order valence-corrected chi connectivity index (χ0v) is 16.3.